The van der Waals surface area contributed by atoms with Gasteiger partial charge < -0.3 is 10.6 Å². The molecule has 8 heteroatoms. The smallest absolute Gasteiger partial charge is 0.257 e. The minimum absolute atomic E-state index is 0.0544. The van der Waals surface area contributed by atoms with Gasteiger partial charge in [0.05, 0.1) is 21.0 Å². The lowest BCUT2D eigenvalue weighted by molar-refractivity contribution is 0.101. The predicted molar refractivity (Wildman–Crippen MR) is 98.5 cm³/mol. The van der Waals surface area contributed by atoms with Crippen molar-refractivity contribution < 1.29 is 18.0 Å². The van der Waals surface area contributed by atoms with Gasteiger partial charge in [0.15, 0.2) is 0 Å². The van der Waals surface area contributed by atoms with E-state index in [1.165, 1.54) is 42.7 Å². The highest BCUT2D eigenvalue weighted by molar-refractivity contribution is 7.91. The maximum atomic E-state index is 12.9. The van der Waals surface area contributed by atoms with Crippen molar-refractivity contribution in [2.75, 3.05) is 10.6 Å². The monoisotopic (exact) mass is 379 g/mol. The van der Waals surface area contributed by atoms with Gasteiger partial charge in [-0.05, 0) is 42.5 Å². The second-order valence-electron chi connectivity index (χ2n) is 5.85. The van der Waals surface area contributed by atoms with Gasteiger partial charge in [-0.1, -0.05) is 12.1 Å². The Kier molecular flexibility index (Phi) is 3.97. The molecule has 0 saturated heterocycles. The van der Waals surface area contributed by atoms with Crippen LogP contribution in [-0.2, 0) is 9.84 Å². The number of aromatic nitrogens is 1. The minimum atomic E-state index is -3.90. The number of carbonyl (C=O) groups is 2. The number of benzene rings is 2. The first kappa shape index (κ1) is 16.9. The summed E-state index contributed by atoms with van der Waals surface area (Å²) in [4.78, 5) is 28.7. The van der Waals surface area contributed by atoms with Crippen molar-refractivity contribution in [2.45, 2.75) is 9.79 Å². The zero-order chi connectivity index (χ0) is 19.0. The van der Waals surface area contributed by atoms with Gasteiger partial charge in [-0.15, -0.1) is 0 Å². The number of amides is 2. The number of nitrogens with one attached hydrogen (secondary N) is 2. The lowest BCUT2D eigenvalue weighted by atomic mass is 10.1. The normalized spacial score (nSPS) is 14.3. The highest BCUT2D eigenvalue weighted by Crippen LogP contribution is 2.34. The Balaban J connectivity index is 1.76. The third kappa shape index (κ3) is 2.96. The maximum absolute atomic E-state index is 12.9. The number of rotatable bonds is 2. The standard InChI is InChI=1S/C19H13N3O4S/c23-18(21-13-7-9-20-10-8-13)12-5-6-17-15(11-12)22-19(24)14-3-1-2-4-16(14)27(17,25)26/h1-11H,(H,22,24)(H,20,21,23). The molecule has 0 radical (unpaired) electrons. The Hall–Kier alpha value is -3.52. The molecular weight excluding hydrogens is 366 g/mol. The van der Waals surface area contributed by atoms with Crippen LogP contribution in [0.3, 0.4) is 0 Å². The van der Waals surface area contributed by atoms with E-state index in [9.17, 15) is 18.0 Å². The van der Waals surface area contributed by atoms with Crippen molar-refractivity contribution in [3.05, 3.63) is 78.1 Å². The first-order valence-corrected chi connectivity index (χ1v) is 9.46. The molecule has 2 amide bonds. The van der Waals surface area contributed by atoms with Gasteiger partial charge in [0, 0.05) is 23.6 Å². The molecule has 27 heavy (non-hydrogen) atoms. The quantitative estimate of drug-likeness (QED) is 0.712. The second-order valence-corrected chi connectivity index (χ2v) is 7.74. The molecule has 0 bridgehead atoms. The van der Waals surface area contributed by atoms with E-state index >= 15 is 0 Å². The number of hydrogen-bond acceptors (Lipinski definition) is 5. The molecule has 0 saturated carbocycles. The van der Waals surface area contributed by atoms with Crippen molar-refractivity contribution in [1.82, 2.24) is 4.98 Å². The van der Waals surface area contributed by atoms with Gasteiger partial charge in [-0.2, -0.15) is 0 Å². The molecule has 2 heterocycles. The molecule has 1 aliphatic heterocycles. The Bertz CT molecular complexity index is 1170. The molecule has 0 fully saturated rings. The van der Waals surface area contributed by atoms with Crippen molar-refractivity contribution in [3.8, 4) is 0 Å². The fraction of sp³-hybridized carbons (Fsp3) is 0. The topological polar surface area (TPSA) is 105 Å². The van der Waals surface area contributed by atoms with Crippen LogP contribution < -0.4 is 10.6 Å². The van der Waals surface area contributed by atoms with Gasteiger partial charge >= 0.3 is 0 Å². The molecule has 2 N–H and O–H groups in total. The summed E-state index contributed by atoms with van der Waals surface area (Å²) in [5.74, 6) is -0.975. The molecule has 1 aromatic heterocycles. The second kappa shape index (κ2) is 6.33. The van der Waals surface area contributed by atoms with Crippen LogP contribution in [0.4, 0.5) is 11.4 Å². The minimum Gasteiger partial charge on any atom is -0.322 e. The summed E-state index contributed by atoms with van der Waals surface area (Å²) in [6, 6.07) is 13.3. The Morgan fingerprint density at radius 3 is 2.48 bits per heavy atom. The molecule has 7 nitrogen and oxygen atoms in total. The van der Waals surface area contributed by atoms with Crippen molar-refractivity contribution in [2.24, 2.45) is 0 Å². The van der Waals surface area contributed by atoms with Gasteiger partial charge in [0.2, 0.25) is 9.84 Å². The lowest BCUT2D eigenvalue weighted by Crippen LogP contribution is -2.14. The number of anilines is 2. The van der Waals surface area contributed by atoms with E-state index in [1.54, 1.807) is 24.3 Å². The molecule has 0 spiro atoms. The summed E-state index contributed by atoms with van der Waals surface area (Å²) in [6.45, 7) is 0. The van der Waals surface area contributed by atoms with E-state index in [4.69, 9.17) is 0 Å². The van der Waals surface area contributed by atoms with E-state index in [0.717, 1.165) is 0 Å². The molecule has 0 atom stereocenters. The molecule has 4 rings (SSSR count). The van der Waals surface area contributed by atoms with Crippen LogP contribution in [0.1, 0.15) is 20.7 Å². The maximum Gasteiger partial charge on any atom is 0.257 e. The summed E-state index contributed by atoms with van der Waals surface area (Å²) < 4.78 is 25.9. The van der Waals surface area contributed by atoms with Crippen LogP contribution in [0.2, 0.25) is 0 Å². The number of hydrogen-bond donors (Lipinski definition) is 2. The number of sulfone groups is 1. The fourth-order valence-corrected chi connectivity index (χ4v) is 4.43. The van der Waals surface area contributed by atoms with E-state index in [2.05, 4.69) is 15.6 Å². The molecular formula is C19H13N3O4S. The third-order valence-corrected chi connectivity index (χ3v) is 6.01. The number of nitrogens with zero attached hydrogens (tertiary/aromatic N) is 1. The van der Waals surface area contributed by atoms with Gasteiger partial charge in [0.1, 0.15) is 0 Å². The summed E-state index contributed by atoms with van der Waals surface area (Å²) >= 11 is 0. The lowest BCUT2D eigenvalue weighted by Gasteiger charge is -2.10. The van der Waals surface area contributed by atoms with Crippen LogP contribution in [0.15, 0.2) is 76.8 Å². The molecule has 134 valence electrons. The van der Waals surface area contributed by atoms with Gasteiger partial charge in [-0.25, -0.2) is 8.42 Å². The van der Waals surface area contributed by atoms with Crippen molar-refractivity contribution in [3.63, 3.8) is 0 Å². The first-order chi connectivity index (χ1) is 13.0. The Morgan fingerprint density at radius 1 is 0.963 bits per heavy atom. The summed E-state index contributed by atoms with van der Waals surface area (Å²) in [7, 11) is -3.90. The predicted octanol–water partition coefficient (Wildman–Crippen LogP) is 2.73. The van der Waals surface area contributed by atoms with Crippen LogP contribution in [0.5, 0.6) is 0 Å². The highest BCUT2D eigenvalue weighted by Gasteiger charge is 2.31. The van der Waals surface area contributed by atoms with E-state index < -0.39 is 21.7 Å². The fourth-order valence-electron chi connectivity index (χ4n) is 2.84. The molecule has 3 aromatic rings. The third-order valence-electron chi connectivity index (χ3n) is 4.14. The molecule has 2 aromatic carbocycles. The Morgan fingerprint density at radius 2 is 1.70 bits per heavy atom. The highest BCUT2D eigenvalue weighted by atomic mass is 32.2. The number of carbonyl (C=O) groups excluding carboxylic acids is 2. The van der Waals surface area contributed by atoms with Gasteiger partial charge in [0.25, 0.3) is 11.8 Å². The zero-order valence-electron chi connectivity index (χ0n) is 13.8. The zero-order valence-corrected chi connectivity index (χ0v) is 14.7. The summed E-state index contributed by atoms with van der Waals surface area (Å²) in [5, 5.41) is 5.27. The first-order valence-electron chi connectivity index (χ1n) is 7.98. The largest absolute Gasteiger partial charge is 0.322 e. The average Bonchev–Trinajstić information content (AvgIpc) is 2.76. The van der Waals surface area contributed by atoms with E-state index in [-0.39, 0.29) is 26.6 Å². The Labute approximate surface area is 155 Å². The van der Waals surface area contributed by atoms with Crippen LogP contribution in [0, 0.1) is 0 Å². The molecule has 0 aliphatic carbocycles. The molecule has 1 aliphatic rings. The van der Waals surface area contributed by atoms with Crippen molar-refractivity contribution >= 4 is 33.0 Å². The van der Waals surface area contributed by atoms with Crippen molar-refractivity contribution in [1.29, 1.82) is 0 Å². The average molecular weight is 379 g/mol. The van der Waals surface area contributed by atoms with Crippen LogP contribution in [0.25, 0.3) is 0 Å². The van der Waals surface area contributed by atoms with Gasteiger partial charge in [-0.3, -0.25) is 14.6 Å². The summed E-state index contributed by atoms with van der Waals surface area (Å²) in [5.41, 5.74) is 0.899. The summed E-state index contributed by atoms with van der Waals surface area (Å²) in [6.07, 6.45) is 3.08. The van der Waals surface area contributed by atoms with E-state index in [0.29, 0.717) is 5.69 Å². The number of pyridine rings is 1. The molecule has 0 unspecified atom stereocenters. The van der Waals surface area contributed by atoms with E-state index in [1.807, 2.05) is 0 Å². The number of fused-ring (bicyclic) bond motifs is 2. The van der Waals surface area contributed by atoms with Crippen LogP contribution in [-0.4, -0.2) is 25.2 Å². The SMILES string of the molecule is O=C(Nc1ccncc1)c1ccc2c(c1)NC(=O)c1ccccc1S2(=O)=O. The van der Waals surface area contributed by atoms with Crippen LogP contribution >= 0.6 is 0 Å².